The first-order valence-electron chi connectivity index (χ1n) is 2.73. The fourth-order valence-electron chi connectivity index (χ4n) is 0.601. The van der Waals surface area contributed by atoms with Crippen LogP contribution in [0.4, 0.5) is 0 Å². The zero-order valence-electron chi connectivity index (χ0n) is 5.28. The normalized spacial score (nSPS) is 8.20. The summed E-state index contributed by atoms with van der Waals surface area (Å²) in [6, 6.07) is 1.95. The lowest BCUT2D eigenvalue weighted by Crippen LogP contribution is -1.93. The fourth-order valence-corrected chi connectivity index (χ4v) is 0.601. The van der Waals surface area contributed by atoms with Crippen LogP contribution in [0.1, 0.15) is 5.56 Å². The van der Waals surface area contributed by atoms with Crippen molar-refractivity contribution in [1.82, 2.24) is 9.78 Å². The van der Waals surface area contributed by atoms with E-state index in [-0.39, 0.29) is 0 Å². The Labute approximate surface area is 58.9 Å². The average Bonchev–Trinajstić information content (AvgIpc) is 2.37. The lowest BCUT2D eigenvalue weighted by molar-refractivity contribution is 0.715. The molecule has 10 heavy (non-hydrogen) atoms. The second-order valence-corrected chi connectivity index (χ2v) is 1.74. The van der Waals surface area contributed by atoms with E-state index in [9.17, 15) is 0 Å². The summed E-state index contributed by atoms with van der Waals surface area (Å²) in [4.78, 5) is 0. The van der Waals surface area contributed by atoms with Crippen molar-refractivity contribution >= 4 is 0 Å². The van der Waals surface area contributed by atoms with Gasteiger partial charge in [-0.1, -0.05) is 5.92 Å². The molecule has 0 saturated heterocycles. The molecule has 0 aromatic carbocycles. The minimum absolute atomic E-state index is 0.418. The Morgan fingerprint density at radius 2 is 2.60 bits per heavy atom. The maximum absolute atomic E-state index is 8.36. The molecule has 0 aliphatic rings. The van der Waals surface area contributed by atoms with Crippen LogP contribution in [-0.2, 0) is 6.54 Å². The van der Waals surface area contributed by atoms with Gasteiger partial charge < -0.3 is 0 Å². The molecule has 0 aliphatic carbocycles. The van der Waals surface area contributed by atoms with Gasteiger partial charge in [0.25, 0.3) is 0 Å². The van der Waals surface area contributed by atoms with Crippen molar-refractivity contribution in [3.8, 4) is 18.4 Å². The molecule has 0 spiro atoms. The molecule has 0 N–H and O–H groups in total. The summed E-state index contributed by atoms with van der Waals surface area (Å²) in [7, 11) is 0. The number of nitriles is 1. The number of nitrogens with zero attached hydrogens (tertiary/aromatic N) is 3. The third-order valence-electron chi connectivity index (χ3n) is 1.02. The zero-order valence-corrected chi connectivity index (χ0v) is 5.28. The quantitative estimate of drug-likeness (QED) is 0.517. The van der Waals surface area contributed by atoms with Gasteiger partial charge in [0.1, 0.15) is 12.6 Å². The summed E-state index contributed by atoms with van der Waals surface area (Å²) in [5.74, 6) is 2.41. The third kappa shape index (κ3) is 1.15. The lowest BCUT2D eigenvalue weighted by atomic mass is 10.4. The van der Waals surface area contributed by atoms with Crippen LogP contribution >= 0.6 is 0 Å². The van der Waals surface area contributed by atoms with Crippen LogP contribution in [0, 0.1) is 23.7 Å². The van der Waals surface area contributed by atoms with Crippen LogP contribution in [0.2, 0.25) is 0 Å². The average molecular weight is 131 g/mol. The van der Waals surface area contributed by atoms with Gasteiger partial charge in [-0.15, -0.1) is 6.42 Å². The predicted octanol–water partition coefficient (Wildman–Crippen LogP) is 0.388. The molecule has 48 valence electrons. The van der Waals surface area contributed by atoms with E-state index >= 15 is 0 Å². The smallest absolute Gasteiger partial charge is 0.102 e. The van der Waals surface area contributed by atoms with Crippen LogP contribution in [0.15, 0.2) is 12.4 Å². The van der Waals surface area contributed by atoms with Crippen LogP contribution in [-0.4, -0.2) is 9.78 Å². The van der Waals surface area contributed by atoms with E-state index < -0.39 is 0 Å². The first-order chi connectivity index (χ1) is 4.86. The molecule has 0 unspecified atom stereocenters. The minimum atomic E-state index is 0.418. The summed E-state index contributed by atoms with van der Waals surface area (Å²) in [5.41, 5.74) is 0.537. The fraction of sp³-hybridized carbons (Fsp3) is 0.143. The Morgan fingerprint density at radius 1 is 1.80 bits per heavy atom. The minimum Gasteiger partial charge on any atom is -0.259 e. The molecule has 0 atom stereocenters. The van der Waals surface area contributed by atoms with Gasteiger partial charge in [0.2, 0.25) is 0 Å². The molecule has 1 rings (SSSR count). The van der Waals surface area contributed by atoms with Crippen molar-refractivity contribution in [1.29, 1.82) is 5.26 Å². The molecule has 0 radical (unpaired) electrons. The second kappa shape index (κ2) is 2.70. The van der Waals surface area contributed by atoms with Crippen molar-refractivity contribution < 1.29 is 0 Å². The Morgan fingerprint density at radius 3 is 3.10 bits per heavy atom. The number of hydrogen-bond acceptors (Lipinski definition) is 2. The summed E-state index contributed by atoms with van der Waals surface area (Å²) < 4.78 is 1.54. The van der Waals surface area contributed by atoms with E-state index in [2.05, 4.69) is 11.0 Å². The number of terminal acetylenes is 1. The molecule has 1 heterocycles. The molecular weight excluding hydrogens is 126 g/mol. The number of rotatable bonds is 1. The highest BCUT2D eigenvalue weighted by atomic mass is 15.3. The molecule has 3 heteroatoms. The van der Waals surface area contributed by atoms with Crippen LogP contribution in [0.3, 0.4) is 0 Å². The molecule has 1 aromatic heterocycles. The van der Waals surface area contributed by atoms with Crippen molar-refractivity contribution in [3.05, 3.63) is 18.0 Å². The summed E-state index contributed by atoms with van der Waals surface area (Å²) >= 11 is 0. The standard InChI is InChI=1S/C7H5N3/c1-2-3-10-6-7(4-8)5-9-10/h1,5-6H,3H2. The van der Waals surface area contributed by atoms with E-state index in [4.69, 9.17) is 11.7 Å². The van der Waals surface area contributed by atoms with Gasteiger partial charge in [0.15, 0.2) is 0 Å². The van der Waals surface area contributed by atoms with Crippen molar-refractivity contribution in [3.63, 3.8) is 0 Å². The van der Waals surface area contributed by atoms with Gasteiger partial charge in [0, 0.05) is 6.20 Å². The highest BCUT2D eigenvalue weighted by molar-refractivity contribution is 5.21. The van der Waals surface area contributed by atoms with Gasteiger partial charge >= 0.3 is 0 Å². The van der Waals surface area contributed by atoms with Crippen molar-refractivity contribution in [2.24, 2.45) is 0 Å². The van der Waals surface area contributed by atoms with E-state index in [1.807, 2.05) is 6.07 Å². The summed E-state index contributed by atoms with van der Waals surface area (Å²) in [5, 5.41) is 12.2. The van der Waals surface area contributed by atoms with E-state index in [1.165, 1.54) is 6.20 Å². The molecule has 0 bridgehead atoms. The maximum atomic E-state index is 8.36. The molecule has 3 nitrogen and oxygen atoms in total. The Kier molecular flexibility index (Phi) is 1.72. The molecule has 0 amide bonds. The van der Waals surface area contributed by atoms with E-state index in [1.54, 1.807) is 10.9 Å². The van der Waals surface area contributed by atoms with Crippen molar-refractivity contribution in [2.45, 2.75) is 6.54 Å². The van der Waals surface area contributed by atoms with Gasteiger partial charge in [-0.3, -0.25) is 4.68 Å². The highest BCUT2D eigenvalue weighted by Gasteiger charge is 1.92. The molecule has 1 aromatic rings. The monoisotopic (exact) mass is 131 g/mol. The maximum Gasteiger partial charge on any atom is 0.102 e. The SMILES string of the molecule is C#CCn1cc(C#N)cn1. The topological polar surface area (TPSA) is 41.6 Å². The predicted molar refractivity (Wildman–Crippen MR) is 35.8 cm³/mol. The molecular formula is C7H5N3. The second-order valence-electron chi connectivity index (χ2n) is 1.74. The van der Waals surface area contributed by atoms with Gasteiger partial charge in [0.05, 0.1) is 11.8 Å². The zero-order chi connectivity index (χ0) is 7.40. The lowest BCUT2D eigenvalue weighted by Gasteiger charge is -1.87. The van der Waals surface area contributed by atoms with Crippen LogP contribution in [0.5, 0.6) is 0 Å². The first-order valence-corrected chi connectivity index (χ1v) is 2.73. The Hall–Kier alpha value is -1.74. The van der Waals surface area contributed by atoms with E-state index in [0.29, 0.717) is 12.1 Å². The summed E-state index contributed by atoms with van der Waals surface area (Å²) in [6.07, 6.45) is 8.11. The molecule has 0 saturated carbocycles. The third-order valence-corrected chi connectivity index (χ3v) is 1.02. The Balaban J connectivity index is 2.83. The van der Waals surface area contributed by atoms with Crippen LogP contribution in [0.25, 0.3) is 0 Å². The van der Waals surface area contributed by atoms with Gasteiger partial charge in [-0.2, -0.15) is 10.4 Å². The van der Waals surface area contributed by atoms with Gasteiger partial charge in [-0.05, 0) is 0 Å². The number of hydrogen-bond donors (Lipinski definition) is 0. The largest absolute Gasteiger partial charge is 0.259 e. The van der Waals surface area contributed by atoms with Gasteiger partial charge in [-0.25, -0.2) is 0 Å². The van der Waals surface area contributed by atoms with Crippen molar-refractivity contribution in [2.75, 3.05) is 0 Å². The number of aromatic nitrogens is 2. The van der Waals surface area contributed by atoms with E-state index in [0.717, 1.165) is 0 Å². The summed E-state index contributed by atoms with van der Waals surface area (Å²) in [6.45, 7) is 0.418. The molecule has 0 aliphatic heterocycles. The van der Waals surface area contributed by atoms with Crippen LogP contribution < -0.4 is 0 Å². The highest BCUT2D eigenvalue weighted by Crippen LogP contribution is 1.92. The molecule has 0 fully saturated rings. The Bertz CT molecular complexity index is 297. The first kappa shape index (κ1) is 6.38.